The highest BCUT2D eigenvalue weighted by Crippen LogP contribution is 2.28. The molecule has 0 aliphatic carbocycles. The summed E-state index contributed by atoms with van der Waals surface area (Å²) in [5.74, 6) is -3.30. The van der Waals surface area contributed by atoms with E-state index < -0.39 is 73.1 Å². The first-order valence-electron chi connectivity index (χ1n) is 14.6. The highest BCUT2D eigenvalue weighted by Gasteiger charge is 2.50. The Morgan fingerprint density at radius 1 is 0.833 bits per heavy atom. The molecule has 6 atom stereocenters. The molecule has 0 bridgehead atoms. The van der Waals surface area contributed by atoms with E-state index in [-0.39, 0.29) is 6.42 Å². The Balaban J connectivity index is 2.98. The third-order valence-corrected chi connectivity index (χ3v) is 6.59. The number of hydrogen-bond donors (Lipinski definition) is 1. The molecule has 14 nitrogen and oxygen atoms in total. The van der Waals surface area contributed by atoms with Crippen LogP contribution in [0.1, 0.15) is 105 Å². The van der Waals surface area contributed by atoms with Crippen molar-refractivity contribution in [1.82, 2.24) is 5.32 Å². The van der Waals surface area contributed by atoms with Crippen LogP contribution in [0.3, 0.4) is 0 Å². The summed E-state index contributed by atoms with van der Waals surface area (Å²) in [5.41, 5.74) is 9.14. The molecule has 238 valence electrons. The van der Waals surface area contributed by atoms with Gasteiger partial charge in [0.1, 0.15) is 24.9 Å². The van der Waals surface area contributed by atoms with Crippen LogP contribution >= 0.6 is 0 Å². The van der Waals surface area contributed by atoms with Gasteiger partial charge in [-0.1, -0.05) is 63.4 Å². The maximum absolute atomic E-state index is 13.2. The van der Waals surface area contributed by atoms with Crippen LogP contribution < -0.4 is 5.32 Å². The summed E-state index contributed by atoms with van der Waals surface area (Å²) in [6, 6.07) is -1.28. The average Bonchev–Trinajstić information content (AvgIpc) is 2.89. The van der Waals surface area contributed by atoms with E-state index in [4.69, 9.17) is 29.2 Å². The molecule has 1 rings (SSSR count). The number of amides is 1. The molecule has 0 aromatic carbocycles. The molecule has 1 aliphatic rings. The molecule has 1 fully saturated rings. The summed E-state index contributed by atoms with van der Waals surface area (Å²) < 4.78 is 26.9. The average molecular weight is 599 g/mol. The molecule has 0 spiro atoms. The second-order valence-electron chi connectivity index (χ2n) is 10.4. The van der Waals surface area contributed by atoms with Gasteiger partial charge in [0.15, 0.2) is 18.4 Å². The lowest BCUT2D eigenvalue weighted by Gasteiger charge is -2.44. The zero-order valence-corrected chi connectivity index (χ0v) is 25.4. The number of rotatable bonds is 19. The van der Waals surface area contributed by atoms with Gasteiger partial charge in [0.25, 0.3) is 0 Å². The molecule has 0 aromatic rings. The van der Waals surface area contributed by atoms with Gasteiger partial charge in [-0.2, -0.15) is 0 Å². The lowest BCUT2D eigenvalue weighted by Crippen LogP contribution is -2.65. The molecule has 0 unspecified atom stereocenters. The number of ether oxygens (including phenoxy) is 5. The summed E-state index contributed by atoms with van der Waals surface area (Å²) in [7, 11) is 0. The molecule has 1 heterocycles. The van der Waals surface area contributed by atoms with Gasteiger partial charge in [0.2, 0.25) is 5.91 Å². The Hall–Kier alpha value is -3.38. The molecule has 1 saturated heterocycles. The highest BCUT2D eigenvalue weighted by atomic mass is 16.6. The van der Waals surface area contributed by atoms with Crippen LogP contribution in [0.15, 0.2) is 5.11 Å². The van der Waals surface area contributed by atoms with Gasteiger partial charge in [0.05, 0.1) is 6.42 Å². The van der Waals surface area contributed by atoms with E-state index in [0.717, 1.165) is 46.5 Å². The second kappa shape index (κ2) is 20.5. The molecule has 1 amide bonds. The van der Waals surface area contributed by atoms with Crippen molar-refractivity contribution in [2.24, 2.45) is 5.11 Å². The third-order valence-electron chi connectivity index (χ3n) is 6.59. The topological polar surface area (TPSA) is 192 Å². The number of esters is 4. The summed E-state index contributed by atoms with van der Waals surface area (Å²) in [4.78, 5) is 62.9. The van der Waals surface area contributed by atoms with Crippen molar-refractivity contribution in [3.05, 3.63) is 10.4 Å². The van der Waals surface area contributed by atoms with Crippen LogP contribution in [0.5, 0.6) is 0 Å². The Kier molecular flexibility index (Phi) is 17.9. The third kappa shape index (κ3) is 15.0. The van der Waals surface area contributed by atoms with Gasteiger partial charge in [-0.3, -0.25) is 24.0 Å². The minimum atomic E-state index is -1.42. The predicted octanol–water partition coefficient (Wildman–Crippen LogP) is 4.18. The maximum Gasteiger partial charge on any atom is 0.303 e. The minimum Gasteiger partial charge on any atom is -0.463 e. The first-order valence-corrected chi connectivity index (χ1v) is 14.6. The first kappa shape index (κ1) is 36.6. The zero-order valence-electron chi connectivity index (χ0n) is 25.4. The molecular weight excluding hydrogens is 552 g/mol. The van der Waals surface area contributed by atoms with Crippen molar-refractivity contribution in [3.63, 3.8) is 0 Å². The van der Waals surface area contributed by atoms with E-state index in [1.165, 1.54) is 39.0 Å². The van der Waals surface area contributed by atoms with E-state index in [9.17, 15) is 24.0 Å². The van der Waals surface area contributed by atoms with Crippen molar-refractivity contribution in [3.8, 4) is 0 Å². The molecule has 0 aromatic heterocycles. The highest BCUT2D eigenvalue weighted by molar-refractivity contribution is 5.77. The van der Waals surface area contributed by atoms with Crippen molar-refractivity contribution >= 4 is 29.8 Å². The molecule has 1 aliphatic heterocycles. The number of nitrogens with one attached hydrogen (secondary N) is 1. The van der Waals surface area contributed by atoms with E-state index >= 15 is 0 Å². The van der Waals surface area contributed by atoms with E-state index in [1.807, 2.05) is 0 Å². The quantitative estimate of drug-likeness (QED) is 0.0563. The van der Waals surface area contributed by atoms with Crippen LogP contribution in [0.25, 0.3) is 10.4 Å². The molecule has 0 radical (unpaired) electrons. The van der Waals surface area contributed by atoms with E-state index in [1.54, 1.807) is 0 Å². The Morgan fingerprint density at radius 2 is 1.40 bits per heavy atom. The fourth-order valence-electron chi connectivity index (χ4n) is 4.79. The van der Waals surface area contributed by atoms with Crippen molar-refractivity contribution in [1.29, 1.82) is 0 Å². The largest absolute Gasteiger partial charge is 0.463 e. The fraction of sp³-hybridized carbons (Fsp3) is 0.821. The van der Waals surface area contributed by atoms with Gasteiger partial charge >= 0.3 is 23.9 Å². The van der Waals surface area contributed by atoms with Crippen molar-refractivity contribution in [2.45, 2.75) is 142 Å². The smallest absolute Gasteiger partial charge is 0.303 e. The van der Waals surface area contributed by atoms with Crippen LogP contribution in [-0.2, 0) is 47.7 Å². The van der Waals surface area contributed by atoms with Gasteiger partial charge in [-0.25, -0.2) is 0 Å². The van der Waals surface area contributed by atoms with E-state index in [0.29, 0.717) is 6.42 Å². The number of nitrogens with zero attached hydrogens (tertiary/aromatic N) is 3. The zero-order chi connectivity index (χ0) is 31.5. The Morgan fingerprint density at radius 3 is 1.93 bits per heavy atom. The van der Waals surface area contributed by atoms with E-state index in [2.05, 4.69) is 22.3 Å². The van der Waals surface area contributed by atoms with Crippen LogP contribution in [0.4, 0.5) is 0 Å². The predicted molar refractivity (Wildman–Crippen MR) is 149 cm³/mol. The molecule has 14 heteroatoms. The number of unbranched alkanes of at least 4 members (excludes halogenated alkanes) is 8. The number of carbonyl (C=O) groups excluding carboxylic acids is 5. The summed E-state index contributed by atoms with van der Waals surface area (Å²) in [6.07, 6.45) is 4.29. The minimum absolute atomic E-state index is 0.210. The van der Waals surface area contributed by atoms with Crippen LogP contribution in [0, 0.1) is 0 Å². The normalized spacial score (nSPS) is 22.2. The standard InChI is InChI=1S/C28H46N4O10/c1-6-7-8-9-10-11-12-13-14-15-22(39-19(3)34)16-24(37)30-25-27(41-21(5)36)26(40-20(4)35)23(17-38-18(2)33)42-28(25)31-32-29/h22-23,25-28H,6-17H2,1-5H3,(H,30,37)/t22-,23-,25-,26-,27-,28-/m1/s1. The van der Waals surface area contributed by atoms with Gasteiger partial charge in [-0.15, -0.1) is 0 Å². The molecular formula is C28H46N4O10. The van der Waals surface area contributed by atoms with Gasteiger partial charge < -0.3 is 29.0 Å². The van der Waals surface area contributed by atoms with Crippen LogP contribution in [0.2, 0.25) is 0 Å². The fourth-order valence-corrected chi connectivity index (χ4v) is 4.79. The number of azide groups is 1. The maximum atomic E-state index is 13.2. The Labute approximate surface area is 247 Å². The number of carbonyl (C=O) groups is 5. The summed E-state index contributed by atoms with van der Waals surface area (Å²) >= 11 is 0. The Bertz CT molecular complexity index is 940. The lowest BCUT2D eigenvalue weighted by molar-refractivity contribution is -0.222. The van der Waals surface area contributed by atoms with Gasteiger partial charge in [0, 0.05) is 32.6 Å². The first-order chi connectivity index (χ1) is 20.0. The molecule has 42 heavy (non-hydrogen) atoms. The van der Waals surface area contributed by atoms with Crippen molar-refractivity contribution in [2.75, 3.05) is 6.61 Å². The summed E-state index contributed by atoms with van der Waals surface area (Å²) in [5, 5.41) is 6.22. The summed E-state index contributed by atoms with van der Waals surface area (Å²) in [6.45, 7) is 6.44. The second-order valence-corrected chi connectivity index (χ2v) is 10.4. The monoisotopic (exact) mass is 598 g/mol. The molecule has 0 saturated carbocycles. The number of hydrogen-bond acceptors (Lipinski definition) is 11. The van der Waals surface area contributed by atoms with Gasteiger partial charge in [-0.05, 0) is 18.4 Å². The lowest BCUT2D eigenvalue weighted by atomic mass is 9.95. The molecule has 1 N–H and O–H groups in total. The van der Waals surface area contributed by atoms with Crippen LogP contribution in [-0.4, -0.2) is 73.1 Å². The SMILES string of the molecule is CCCCCCCCCCC[C@H](CC(=O)N[C@@H]1[C@@H](OC(C)=O)[C@H](OC(C)=O)[C@@H](COC(C)=O)O[C@H]1N=[N+]=[N-])OC(C)=O. The van der Waals surface area contributed by atoms with Crippen molar-refractivity contribution < 1.29 is 47.7 Å².